The lowest BCUT2D eigenvalue weighted by Crippen LogP contribution is -2.17. The quantitative estimate of drug-likeness (QED) is 0.823. The topological polar surface area (TPSA) is 36.3 Å². The van der Waals surface area contributed by atoms with Crippen LogP contribution in [-0.4, -0.2) is 19.1 Å². The van der Waals surface area contributed by atoms with E-state index in [2.05, 4.69) is 46.1 Å². The highest BCUT2D eigenvalue weighted by Crippen LogP contribution is 2.22. The van der Waals surface area contributed by atoms with Crippen LogP contribution in [0.2, 0.25) is 0 Å². The van der Waals surface area contributed by atoms with Crippen LogP contribution in [0.3, 0.4) is 0 Å². The third-order valence-corrected chi connectivity index (χ3v) is 3.74. The normalized spacial score (nSPS) is 10.4. The van der Waals surface area contributed by atoms with Crippen molar-refractivity contribution < 1.29 is 4.74 Å². The minimum absolute atomic E-state index is 0.655. The number of nitrogens with zero attached hydrogens (tertiary/aromatic N) is 2. The summed E-state index contributed by atoms with van der Waals surface area (Å²) in [6.07, 6.45) is 0. The molecule has 0 atom stereocenters. The summed E-state index contributed by atoms with van der Waals surface area (Å²) < 4.78 is 6.45. The van der Waals surface area contributed by atoms with Crippen molar-refractivity contribution in [3.63, 3.8) is 0 Å². The molecule has 0 aliphatic carbocycles. The first kappa shape index (κ1) is 15.6. The van der Waals surface area contributed by atoms with Gasteiger partial charge in [-0.3, -0.25) is 4.90 Å². The average Bonchev–Trinajstić information content (AvgIpc) is 2.49. The number of hydrogen-bond donors (Lipinski definition) is 0. The number of benzene rings is 2. The summed E-state index contributed by atoms with van der Waals surface area (Å²) in [4.78, 5) is 2.20. The highest BCUT2D eigenvalue weighted by molar-refractivity contribution is 9.10. The summed E-state index contributed by atoms with van der Waals surface area (Å²) in [5.74, 6) is 0.816. The Morgan fingerprint density at radius 1 is 1.14 bits per heavy atom. The van der Waals surface area contributed by atoms with Gasteiger partial charge < -0.3 is 4.74 Å². The van der Waals surface area contributed by atoms with Gasteiger partial charge in [0, 0.05) is 23.1 Å². The molecule has 0 aliphatic rings. The zero-order valence-corrected chi connectivity index (χ0v) is 13.7. The van der Waals surface area contributed by atoms with Gasteiger partial charge in [0.2, 0.25) is 0 Å². The zero-order chi connectivity index (χ0) is 15.2. The van der Waals surface area contributed by atoms with Gasteiger partial charge in [0.1, 0.15) is 5.75 Å². The Morgan fingerprint density at radius 3 is 2.48 bits per heavy atom. The molecule has 0 unspecified atom stereocenters. The highest BCUT2D eigenvalue weighted by Gasteiger charge is 2.08. The predicted molar refractivity (Wildman–Crippen MR) is 87.0 cm³/mol. The fraction of sp³-hybridized carbons (Fsp3) is 0.235. The Bertz CT molecular complexity index is 647. The molecule has 0 aromatic heterocycles. The van der Waals surface area contributed by atoms with Crippen LogP contribution >= 0.6 is 15.9 Å². The Kier molecular flexibility index (Phi) is 5.38. The molecule has 0 radical (unpaired) electrons. The standard InChI is InChI=1S/C17H17BrN2O/c1-20(11-13-3-6-16(18)7-4-13)12-15-9-14(10-19)5-8-17(15)21-2/h3-9H,11-12H2,1-2H3. The van der Waals surface area contributed by atoms with Crippen molar-refractivity contribution in [1.82, 2.24) is 4.90 Å². The van der Waals surface area contributed by atoms with E-state index in [-0.39, 0.29) is 0 Å². The van der Waals surface area contributed by atoms with Crippen LogP contribution in [0.4, 0.5) is 0 Å². The number of rotatable bonds is 5. The summed E-state index contributed by atoms with van der Waals surface area (Å²) in [6, 6.07) is 16.0. The maximum atomic E-state index is 9.01. The van der Waals surface area contributed by atoms with Gasteiger partial charge >= 0.3 is 0 Å². The first-order valence-corrected chi connectivity index (χ1v) is 7.41. The second kappa shape index (κ2) is 7.26. The van der Waals surface area contributed by atoms with E-state index in [4.69, 9.17) is 10.00 Å². The van der Waals surface area contributed by atoms with E-state index in [9.17, 15) is 0 Å². The van der Waals surface area contributed by atoms with Gasteiger partial charge in [-0.25, -0.2) is 0 Å². The summed E-state index contributed by atoms with van der Waals surface area (Å²) in [7, 11) is 3.71. The van der Waals surface area contributed by atoms with Crippen molar-refractivity contribution >= 4 is 15.9 Å². The molecule has 2 aromatic rings. The lowest BCUT2D eigenvalue weighted by molar-refractivity contribution is 0.310. The first-order valence-electron chi connectivity index (χ1n) is 6.62. The van der Waals surface area contributed by atoms with Crippen molar-refractivity contribution in [2.45, 2.75) is 13.1 Å². The molecule has 2 rings (SSSR count). The molecule has 0 amide bonds. The van der Waals surface area contributed by atoms with Crippen molar-refractivity contribution in [2.75, 3.05) is 14.2 Å². The lowest BCUT2D eigenvalue weighted by atomic mass is 10.1. The molecule has 0 saturated carbocycles. The Balaban J connectivity index is 2.10. The molecule has 0 bridgehead atoms. The molecule has 3 nitrogen and oxygen atoms in total. The van der Waals surface area contributed by atoms with E-state index < -0.39 is 0 Å². The number of ether oxygens (including phenoxy) is 1. The first-order chi connectivity index (χ1) is 10.1. The van der Waals surface area contributed by atoms with Gasteiger partial charge in [0.05, 0.1) is 18.7 Å². The minimum Gasteiger partial charge on any atom is -0.496 e. The number of halogens is 1. The molecule has 0 heterocycles. The van der Waals surface area contributed by atoms with Crippen molar-refractivity contribution in [3.05, 3.63) is 63.6 Å². The second-order valence-electron chi connectivity index (χ2n) is 4.94. The van der Waals surface area contributed by atoms with Crippen molar-refractivity contribution in [1.29, 1.82) is 5.26 Å². The van der Waals surface area contributed by atoms with E-state index in [1.165, 1.54) is 5.56 Å². The van der Waals surface area contributed by atoms with Crippen LogP contribution in [-0.2, 0) is 13.1 Å². The molecule has 108 valence electrons. The van der Waals surface area contributed by atoms with Crippen molar-refractivity contribution in [2.24, 2.45) is 0 Å². The fourth-order valence-corrected chi connectivity index (χ4v) is 2.48. The summed E-state index contributed by atoms with van der Waals surface area (Å²) in [6.45, 7) is 1.57. The third-order valence-electron chi connectivity index (χ3n) is 3.22. The smallest absolute Gasteiger partial charge is 0.123 e. The van der Waals surface area contributed by atoms with Gasteiger partial charge in [-0.05, 0) is 42.9 Å². The van der Waals surface area contributed by atoms with Crippen LogP contribution in [0.15, 0.2) is 46.9 Å². The molecule has 0 fully saturated rings. The Hall–Kier alpha value is -1.83. The van der Waals surface area contributed by atoms with Gasteiger partial charge in [-0.2, -0.15) is 5.26 Å². The summed E-state index contributed by atoms with van der Waals surface area (Å²) >= 11 is 3.44. The zero-order valence-electron chi connectivity index (χ0n) is 12.1. The second-order valence-corrected chi connectivity index (χ2v) is 5.85. The van der Waals surface area contributed by atoms with Crippen LogP contribution < -0.4 is 4.74 Å². The molecule has 0 N–H and O–H groups in total. The average molecular weight is 345 g/mol. The molecule has 21 heavy (non-hydrogen) atoms. The van der Waals surface area contributed by atoms with Gasteiger partial charge in [-0.1, -0.05) is 28.1 Å². The number of methoxy groups -OCH3 is 1. The van der Waals surface area contributed by atoms with Gasteiger partial charge in [0.25, 0.3) is 0 Å². The molecular weight excluding hydrogens is 328 g/mol. The summed E-state index contributed by atoms with van der Waals surface area (Å²) in [5, 5.41) is 9.01. The van der Waals surface area contributed by atoms with Crippen LogP contribution in [0.5, 0.6) is 5.75 Å². The predicted octanol–water partition coefficient (Wildman–Crippen LogP) is 3.96. The van der Waals surface area contributed by atoms with Gasteiger partial charge in [-0.15, -0.1) is 0 Å². The van der Waals surface area contributed by atoms with E-state index in [0.717, 1.165) is 28.9 Å². The largest absolute Gasteiger partial charge is 0.496 e. The van der Waals surface area contributed by atoms with E-state index >= 15 is 0 Å². The fourth-order valence-electron chi connectivity index (χ4n) is 2.22. The van der Waals surface area contributed by atoms with Crippen LogP contribution in [0.1, 0.15) is 16.7 Å². The van der Waals surface area contributed by atoms with Gasteiger partial charge in [0.15, 0.2) is 0 Å². The third kappa shape index (κ3) is 4.32. The lowest BCUT2D eigenvalue weighted by Gasteiger charge is -2.18. The summed E-state index contributed by atoms with van der Waals surface area (Å²) in [5.41, 5.74) is 2.93. The Morgan fingerprint density at radius 2 is 1.86 bits per heavy atom. The van der Waals surface area contributed by atoms with Crippen molar-refractivity contribution in [3.8, 4) is 11.8 Å². The highest BCUT2D eigenvalue weighted by atomic mass is 79.9. The van der Waals surface area contributed by atoms with Crippen LogP contribution in [0.25, 0.3) is 0 Å². The molecule has 4 heteroatoms. The van der Waals surface area contributed by atoms with E-state index in [0.29, 0.717) is 5.56 Å². The molecule has 0 saturated heterocycles. The molecular formula is C17H17BrN2O. The minimum atomic E-state index is 0.655. The SMILES string of the molecule is COc1ccc(C#N)cc1CN(C)Cc1ccc(Br)cc1. The maximum Gasteiger partial charge on any atom is 0.123 e. The maximum absolute atomic E-state index is 9.01. The number of hydrogen-bond acceptors (Lipinski definition) is 3. The van der Waals surface area contributed by atoms with E-state index in [1.807, 2.05) is 24.3 Å². The molecule has 2 aromatic carbocycles. The molecule has 0 aliphatic heterocycles. The monoisotopic (exact) mass is 344 g/mol. The number of nitriles is 1. The van der Waals surface area contributed by atoms with E-state index in [1.54, 1.807) is 13.2 Å². The molecule has 0 spiro atoms. The van der Waals surface area contributed by atoms with Crippen LogP contribution in [0, 0.1) is 11.3 Å². The Labute approximate surface area is 133 Å².